The molecule has 0 amide bonds. The molecule has 1 aromatic heterocycles. The van der Waals surface area contributed by atoms with Crippen LogP contribution in [0.3, 0.4) is 0 Å². The molecular weight excluding hydrogens is 300 g/mol. The van der Waals surface area contributed by atoms with Gasteiger partial charge in [0.25, 0.3) is 0 Å². The second-order valence-electron chi connectivity index (χ2n) is 6.19. The summed E-state index contributed by atoms with van der Waals surface area (Å²) in [5.74, 6) is 1.62. The number of hydrogen-bond acceptors (Lipinski definition) is 4. The summed E-state index contributed by atoms with van der Waals surface area (Å²) < 4.78 is 11.2. The van der Waals surface area contributed by atoms with Crippen LogP contribution in [0.15, 0.2) is 48.8 Å². The zero-order valence-corrected chi connectivity index (χ0v) is 14.4. The summed E-state index contributed by atoms with van der Waals surface area (Å²) in [7, 11) is 1.68. The highest BCUT2D eigenvalue weighted by atomic mass is 16.5. The van der Waals surface area contributed by atoms with Crippen LogP contribution >= 0.6 is 0 Å². The summed E-state index contributed by atoms with van der Waals surface area (Å²) in [6, 6.07) is 12.5. The second-order valence-corrected chi connectivity index (χ2v) is 6.19. The highest BCUT2D eigenvalue weighted by molar-refractivity contribution is 5.39. The van der Waals surface area contributed by atoms with E-state index >= 15 is 0 Å². The van der Waals surface area contributed by atoms with Gasteiger partial charge in [-0.05, 0) is 49.6 Å². The quantitative estimate of drug-likeness (QED) is 0.718. The van der Waals surface area contributed by atoms with E-state index in [9.17, 15) is 0 Å². The number of pyridine rings is 1. The molecule has 2 heterocycles. The number of hydrogen-bond donors (Lipinski definition) is 0. The van der Waals surface area contributed by atoms with E-state index in [0.717, 1.165) is 31.0 Å². The van der Waals surface area contributed by atoms with Crippen molar-refractivity contribution in [3.8, 4) is 11.5 Å². The summed E-state index contributed by atoms with van der Waals surface area (Å²) in [4.78, 5) is 6.86. The molecule has 1 aliphatic rings. The topological polar surface area (TPSA) is 34.6 Å². The smallest absolute Gasteiger partial charge is 0.161 e. The largest absolute Gasteiger partial charge is 0.493 e. The Labute approximate surface area is 144 Å². The van der Waals surface area contributed by atoms with E-state index in [0.29, 0.717) is 12.6 Å². The van der Waals surface area contributed by atoms with E-state index < -0.39 is 0 Å². The molecular formula is C20H26N2O2. The highest BCUT2D eigenvalue weighted by Crippen LogP contribution is 2.30. The Morgan fingerprint density at radius 3 is 2.79 bits per heavy atom. The first-order valence-corrected chi connectivity index (χ1v) is 8.78. The SMILES string of the molecule is COc1ccccc1OCCCN1CCCC[C@H]1c1cccnc1. The van der Waals surface area contributed by atoms with Crippen molar-refractivity contribution in [1.82, 2.24) is 9.88 Å². The summed E-state index contributed by atoms with van der Waals surface area (Å²) in [5, 5.41) is 0. The highest BCUT2D eigenvalue weighted by Gasteiger charge is 2.23. The lowest BCUT2D eigenvalue weighted by Crippen LogP contribution is -2.34. The van der Waals surface area contributed by atoms with E-state index in [1.807, 2.05) is 42.7 Å². The van der Waals surface area contributed by atoms with Crippen LogP contribution in [-0.4, -0.2) is 36.7 Å². The Morgan fingerprint density at radius 1 is 1.12 bits per heavy atom. The van der Waals surface area contributed by atoms with Gasteiger partial charge in [0, 0.05) is 25.0 Å². The van der Waals surface area contributed by atoms with Gasteiger partial charge in [-0.25, -0.2) is 0 Å². The number of ether oxygens (including phenoxy) is 2. The fourth-order valence-corrected chi connectivity index (χ4v) is 3.40. The van der Waals surface area contributed by atoms with Crippen LogP contribution in [0.25, 0.3) is 0 Å². The van der Waals surface area contributed by atoms with Crippen molar-refractivity contribution < 1.29 is 9.47 Å². The number of aromatic nitrogens is 1. The Bertz CT molecular complexity index is 618. The maximum atomic E-state index is 5.90. The standard InChI is InChI=1S/C20H26N2O2/c1-23-19-10-2-3-11-20(19)24-15-7-14-22-13-5-4-9-18(22)17-8-6-12-21-16-17/h2-3,6,8,10-12,16,18H,4-5,7,9,13-15H2,1H3/t18-/m0/s1. The maximum absolute atomic E-state index is 5.90. The van der Waals surface area contributed by atoms with Gasteiger partial charge in [0.05, 0.1) is 13.7 Å². The summed E-state index contributed by atoms with van der Waals surface area (Å²) in [6.45, 7) is 2.92. The monoisotopic (exact) mass is 326 g/mol. The Hall–Kier alpha value is -2.07. The van der Waals surface area contributed by atoms with Crippen LogP contribution in [0, 0.1) is 0 Å². The number of para-hydroxylation sites is 2. The molecule has 1 atom stereocenters. The van der Waals surface area contributed by atoms with Gasteiger partial charge in [0.1, 0.15) is 0 Å². The molecule has 24 heavy (non-hydrogen) atoms. The summed E-state index contributed by atoms with van der Waals surface area (Å²) in [6.07, 6.45) is 8.66. The van der Waals surface area contributed by atoms with Gasteiger partial charge in [-0.2, -0.15) is 0 Å². The predicted octanol–water partition coefficient (Wildman–Crippen LogP) is 4.09. The molecule has 0 radical (unpaired) electrons. The van der Waals surface area contributed by atoms with E-state index in [-0.39, 0.29) is 0 Å². The lowest BCUT2D eigenvalue weighted by molar-refractivity contribution is 0.137. The third-order valence-corrected chi connectivity index (χ3v) is 4.60. The summed E-state index contributed by atoms with van der Waals surface area (Å²) in [5.41, 5.74) is 1.34. The van der Waals surface area contributed by atoms with Crippen molar-refractivity contribution in [2.24, 2.45) is 0 Å². The van der Waals surface area contributed by atoms with Gasteiger partial charge in [-0.3, -0.25) is 9.88 Å². The van der Waals surface area contributed by atoms with Crippen LogP contribution in [0.2, 0.25) is 0 Å². The molecule has 0 unspecified atom stereocenters. The first kappa shape index (κ1) is 16.8. The lowest BCUT2D eigenvalue weighted by atomic mass is 9.96. The van der Waals surface area contributed by atoms with Crippen LogP contribution in [0.4, 0.5) is 0 Å². The van der Waals surface area contributed by atoms with Gasteiger partial charge in [0.15, 0.2) is 11.5 Å². The van der Waals surface area contributed by atoms with Gasteiger partial charge in [0.2, 0.25) is 0 Å². The van der Waals surface area contributed by atoms with Gasteiger partial charge >= 0.3 is 0 Å². The second kappa shape index (κ2) is 8.69. The number of rotatable bonds is 7. The number of likely N-dealkylation sites (tertiary alicyclic amines) is 1. The zero-order chi connectivity index (χ0) is 16.6. The molecule has 4 heteroatoms. The molecule has 1 fully saturated rings. The van der Waals surface area contributed by atoms with E-state index in [1.54, 1.807) is 7.11 Å². The zero-order valence-electron chi connectivity index (χ0n) is 14.4. The van der Waals surface area contributed by atoms with E-state index in [4.69, 9.17) is 9.47 Å². The fraction of sp³-hybridized carbons (Fsp3) is 0.450. The van der Waals surface area contributed by atoms with Crippen LogP contribution in [0.1, 0.15) is 37.3 Å². The average Bonchev–Trinajstić information content (AvgIpc) is 2.66. The van der Waals surface area contributed by atoms with Crippen molar-refractivity contribution in [1.29, 1.82) is 0 Å². The summed E-state index contributed by atoms with van der Waals surface area (Å²) >= 11 is 0. The minimum atomic E-state index is 0.499. The Balaban J connectivity index is 1.51. The average molecular weight is 326 g/mol. The molecule has 1 aromatic carbocycles. The van der Waals surface area contributed by atoms with Crippen molar-refractivity contribution in [2.75, 3.05) is 26.8 Å². The number of benzene rings is 1. The molecule has 0 saturated carbocycles. The Kier molecular flexibility index (Phi) is 6.07. The molecule has 0 bridgehead atoms. The molecule has 0 N–H and O–H groups in total. The Morgan fingerprint density at radius 2 is 2.00 bits per heavy atom. The molecule has 0 spiro atoms. The van der Waals surface area contributed by atoms with E-state index in [2.05, 4.69) is 16.0 Å². The van der Waals surface area contributed by atoms with E-state index in [1.165, 1.54) is 24.8 Å². The molecule has 0 aliphatic carbocycles. The van der Waals surface area contributed by atoms with Crippen molar-refractivity contribution in [2.45, 2.75) is 31.7 Å². The lowest BCUT2D eigenvalue weighted by Gasteiger charge is -2.35. The van der Waals surface area contributed by atoms with Crippen molar-refractivity contribution in [3.05, 3.63) is 54.4 Å². The van der Waals surface area contributed by atoms with Crippen LogP contribution in [0.5, 0.6) is 11.5 Å². The molecule has 2 aromatic rings. The fourth-order valence-electron chi connectivity index (χ4n) is 3.40. The molecule has 1 saturated heterocycles. The maximum Gasteiger partial charge on any atom is 0.161 e. The first-order valence-electron chi connectivity index (χ1n) is 8.78. The van der Waals surface area contributed by atoms with Gasteiger partial charge in [-0.1, -0.05) is 24.6 Å². The molecule has 4 nitrogen and oxygen atoms in total. The minimum absolute atomic E-state index is 0.499. The number of nitrogens with zero attached hydrogens (tertiary/aromatic N) is 2. The minimum Gasteiger partial charge on any atom is -0.493 e. The third kappa shape index (κ3) is 4.26. The normalized spacial score (nSPS) is 18.3. The predicted molar refractivity (Wildman–Crippen MR) is 95.5 cm³/mol. The van der Waals surface area contributed by atoms with Crippen molar-refractivity contribution >= 4 is 0 Å². The third-order valence-electron chi connectivity index (χ3n) is 4.60. The van der Waals surface area contributed by atoms with Gasteiger partial charge < -0.3 is 9.47 Å². The van der Waals surface area contributed by atoms with Crippen LogP contribution < -0.4 is 9.47 Å². The molecule has 3 rings (SSSR count). The van der Waals surface area contributed by atoms with Crippen molar-refractivity contribution in [3.63, 3.8) is 0 Å². The number of methoxy groups -OCH3 is 1. The number of piperidine rings is 1. The molecule has 1 aliphatic heterocycles. The first-order chi connectivity index (χ1) is 11.9. The van der Waals surface area contributed by atoms with Crippen LogP contribution in [-0.2, 0) is 0 Å². The molecule has 128 valence electrons. The van der Waals surface area contributed by atoms with Gasteiger partial charge in [-0.15, -0.1) is 0 Å².